The summed E-state index contributed by atoms with van der Waals surface area (Å²) in [7, 11) is 2.24. The second-order valence-electron chi connectivity index (χ2n) is 3.17. The van der Waals surface area contributed by atoms with Crippen LogP contribution in [0.25, 0.3) is 0 Å². The average Bonchev–Trinajstić information content (AvgIpc) is 2.69. The summed E-state index contributed by atoms with van der Waals surface area (Å²) in [4.78, 5) is 2.49. The molecule has 0 amide bonds. The van der Waals surface area contributed by atoms with Crippen LogP contribution >= 0.6 is 11.8 Å². The van der Waals surface area contributed by atoms with Crippen molar-refractivity contribution in [1.82, 2.24) is 4.90 Å². The van der Waals surface area contributed by atoms with Gasteiger partial charge in [0.2, 0.25) is 0 Å². The van der Waals surface area contributed by atoms with E-state index >= 15 is 0 Å². The van der Waals surface area contributed by atoms with Crippen molar-refractivity contribution >= 4 is 11.8 Å². The molecular weight excluding hydrogens is 142 g/mol. The molecule has 1 aliphatic rings. The highest BCUT2D eigenvalue weighted by molar-refractivity contribution is 7.98. The zero-order valence-electron chi connectivity index (χ0n) is 7.18. The van der Waals surface area contributed by atoms with E-state index in [1.54, 1.807) is 0 Å². The normalized spacial score (nSPS) is 21.6. The minimum absolute atomic E-state index is 0.605. The first-order valence-electron chi connectivity index (χ1n) is 3.95. The van der Waals surface area contributed by atoms with Gasteiger partial charge in [0.25, 0.3) is 0 Å². The fraction of sp³-hybridized carbons (Fsp3) is 1.00. The van der Waals surface area contributed by atoms with E-state index in [4.69, 9.17) is 0 Å². The van der Waals surface area contributed by atoms with Crippen LogP contribution in [0.5, 0.6) is 0 Å². The zero-order valence-corrected chi connectivity index (χ0v) is 8.00. The lowest BCUT2D eigenvalue weighted by Crippen LogP contribution is -2.35. The SMILES string of the molecule is CCN(C)C1(CSC)CC1. The Bertz CT molecular complexity index is 110. The number of thioether (sulfide) groups is 1. The Kier molecular flexibility index (Phi) is 2.64. The molecule has 1 nitrogen and oxygen atoms in total. The highest BCUT2D eigenvalue weighted by atomic mass is 32.2. The van der Waals surface area contributed by atoms with Gasteiger partial charge < -0.3 is 4.90 Å². The Labute approximate surface area is 68.2 Å². The molecule has 0 aromatic carbocycles. The third kappa shape index (κ3) is 1.48. The molecule has 2 heteroatoms. The van der Waals surface area contributed by atoms with Crippen molar-refractivity contribution in [3.8, 4) is 0 Å². The van der Waals surface area contributed by atoms with Crippen molar-refractivity contribution < 1.29 is 0 Å². The van der Waals surface area contributed by atoms with Gasteiger partial charge in [0, 0.05) is 11.3 Å². The molecule has 0 spiro atoms. The van der Waals surface area contributed by atoms with Gasteiger partial charge in [-0.25, -0.2) is 0 Å². The van der Waals surface area contributed by atoms with Gasteiger partial charge in [-0.15, -0.1) is 0 Å². The highest BCUT2D eigenvalue weighted by Gasteiger charge is 2.44. The maximum atomic E-state index is 2.49. The van der Waals surface area contributed by atoms with Crippen LogP contribution in [0.15, 0.2) is 0 Å². The summed E-state index contributed by atoms with van der Waals surface area (Å²) in [6.45, 7) is 3.43. The molecule has 1 fully saturated rings. The molecular formula is C8H17NS. The molecule has 0 heterocycles. The smallest absolute Gasteiger partial charge is 0.0298 e. The number of rotatable bonds is 4. The summed E-state index contributed by atoms with van der Waals surface area (Å²) in [5.74, 6) is 1.32. The molecule has 0 aromatic heterocycles. The second kappa shape index (κ2) is 3.14. The van der Waals surface area contributed by atoms with Gasteiger partial charge in [0.1, 0.15) is 0 Å². The lowest BCUT2D eigenvalue weighted by molar-refractivity contribution is 0.256. The molecule has 0 bridgehead atoms. The molecule has 0 aliphatic heterocycles. The molecule has 1 saturated carbocycles. The van der Waals surface area contributed by atoms with E-state index in [1.165, 1.54) is 25.1 Å². The molecule has 1 aliphatic carbocycles. The van der Waals surface area contributed by atoms with E-state index in [2.05, 4.69) is 25.1 Å². The van der Waals surface area contributed by atoms with Crippen molar-refractivity contribution in [1.29, 1.82) is 0 Å². The molecule has 0 N–H and O–H groups in total. The standard InChI is InChI=1S/C8H17NS/c1-4-9(2)8(5-6-8)7-10-3/h4-7H2,1-3H3. The van der Waals surface area contributed by atoms with Gasteiger partial charge in [-0.3, -0.25) is 0 Å². The summed E-state index contributed by atoms with van der Waals surface area (Å²) < 4.78 is 0. The van der Waals surface area contributed by atoms with Crippen molar-refractivity contribution in [3.05, 3.63) is 0 Å². The Morgan fingerprint density at radius 3 is 2.40 bits per heavy atom. The number of hydrogen-bond donors (Lipinski definition) is 0. The van der Waals surface area contributed by atoms with E-state index in [1.807, 2.05) is 11.8 Å². The van der Waals surface area contributed by atoms with E-state index < -0.39 is 0 Å². The number of nitrogens with zero attached hydrogens (tertiary/aromatic N) is 1. The Hall–Kier alpha value is 0.310. The molecule has 0 atom stereocenters. The number of hydrogen-bond acceptors (Lipinski definition) is 2. The quantitative estimate of drug-likeness (QED) is 0.615. The van der Waals surface area contributed by atoms with Crippen molar-refractivity contribution in [3.63, 3.8) is 0 Å². The first-order chi connectivity index (χ1) is 4.75. The maximum absolute atomic E-state index is 2.49. The van der Waals surface area contributed by atoms with Crippen molar-refractivity contribution in [2.75, 3.05) is 25.6 Å². The minimum atomic E-state index is 0.605. The molecule has 1 rings (SSSR count). The van der Waals surface area contributed by atoms with Gasteiger partial charge in [-0.1, -0.05) is 6.92 Å². The van der Waals surface area contributed by atoms with Gasteiger partial charge in [-0.2, -0.15) is 11.8 Å². The van der Waals surface area contributed by atoms with Gasteiger partial charge >= 0.3 is 0 Å². The van der Waals surface area contributed by atoms with E-state index in [0.717, 1.165) is 0 Å². The van der Waals surface area contributed by atoms with Gasteiger partial charge in [0.05, 0.1) is 0 Å². The summed E-state index contributed by atoms with van der Waals surface area (Å²) in [5.41, 5.74) is 0.605. The van der Waals surface area contributed by atoms with E-state index in [9.17, 15) is 0 Å². The van der Waals surface area contributed by atoms with Crippen LogP contribution in [0.4, 0.5) is 0 Å². The van der Waals surface area contributed by atoms with Crippen molar-refractivity contribution in [2.45, 2.75) is 25.3 Å². The first-order valence-corrected chi connectivity index (χ1v) is 5.35. The molecule has 60 valence electrons. The van der Waals surface area contributed by atoms with Crippen LogP contribution in [-0.2, 0) is 0 Å². The Morgan fingerprint density at radius 2 is 2.10 bits per heavy atom. The van der Waals surface area contributed by atoms with Gasteiger partial charge in [0.15, 0.2) is 0 Å². The van der Waals surface area contributed by atoms with E-state index in [0.29, 0.717) is 5.54 Å². The Morgan fingerprint density at radius 1 is 1.50 bits per heavy atom. The molecule has 10 heavy (non-hydrogen) atoms. The molecule has 0 radical (unpaired) electrons. The molecule has 0 saturated heterocycles. The summed E-state index contributed by atoms with van der Waals surface area (Å²) in [6, 6.07) is 0. The summed E-state index contributed by atoms with van der Waals surface area (Å²) in [5, 5.41) is 0. The molecule has 0 aromatic rings. The predicted molar refractivity (Wildman–Crippen MR) is 48.7 cm³/mol. The lowest BCUT2D eigenvalue weighted by Gasteiger charge is -2.25. The summed E-state index contributed by atoms with van der Waals surface area (Å²) in [6.07, 6.45) is 5.03. The van der Waals surface area contributed by atoms with Crippen LogP contribution in [0.3, 0.4) is 0 Å². The largest absolute Gasteiger partial charge is 0.300 e. The van der Waals surface area contributed by atoms with E-state index in [-0.39, 0.29) is 0 Å². The average molecular weight is 159 g/mol. The highest BCUT2D eigenvalue weighted by Crippen LogP contribution is 2.42. The molecule has 0 unspecified atom stereocenters. The Balaban J connectivity index is 2.35. The van der Waals surface area contributed by atoms with Crippen LogP contribution < -0.4 is 0 Å². The fourth-order valence-corrected chi connectivity index (χ4v) is 2.43. The lowest BCUT2D eigenvalue weighted by atomic mass is 10.3. The summed E-state index contributed by atoms with van der Waals surface area (Å²) >= 11 is 1.97. The second-order valence-corrected chi connectivity index (χ2v) is 4.04. The van der Waals surface area contributed by atoms with Crippen LogP contribution in [0, 0.1) is 0 Å². The minimum Gasteiger partial charge on any atom is -0.300 e. The van der Waals surface area contributed by atoms with Crippen LogP contribution in [0.1, 0.15) is 19.8 Å². The van der Waals surface area contributed by atoms with Crippen molar-refractivity contribution in [2.24, 2.45) is 0 Å². The third-order valence-corrected chi connectivity index (χ3v) is 3.35. The fourth-order valence-electron chi connectivity index (χ4n) is 1.38. The topological polar surface area (TPSA) is 3.24 Å². The van der Waals surface area contributed by atoms with Crippen LogP contribution in [0.2, 0.25) is 0 Å². The predicted octanol–water partition coefficient (Wildman–Crippen LogP) is 1.83. The van der Waals surface area contributed by atoms with Crippen LogP contribution in [-0.4, -0.2) is 36.0 Å². The maximum Gasteiger partial charge on any atom is 0.0298 e. The van der Waals surface area contributed by atoms with Gasteiger partial charge in [-0.05, 0) is 32.7 Å². The zero-order chi connectivity index (χ0) is 7.61. The first kappa shape index (κ1) is 8.41. The third-order valence-electron chi connectivity index (χ3n) is 2.52. The monoisotopic (exact) mass is 159 g/mol.